The number of Topliss-reactive ketones (excluding diaryl/α,β-unsaturated/α-hetero) is 1. The molecule has 4 rings (SSSR count). The minimum atomic E-state index is -0.251. The number of fused-ring (bicyclic) bond motifs is 2. The lowest BCUT2D eigenvalue weighted by molar-refractivity contribution is 0.0949. The summed E-state index contributed by atoms with van der Waals surface area (Å²) in [6, 6.07) is 13.3. The average Bonchev–Trinajstić information content (AvgIpc) is 2.79. The summed E-state index contributed by atoms with van der Waals surface area (Å²) in [6.45, 7) is 0. The van der Waals surface area contributed by atoms with Crippen LogP contribution in [0.1, 0.15) is 27.4 Å². The molecule has 20 heavy (non-hydrogen) atoms. The molecule has 1 unspecified atom stereocenters. The highest BCUT2D eigenvalue weighted by Crippen LogP contribution is 2.37. The van der Waals surface area contributed by atoms with Crippen molar-refractivity contribution in [1.29, 1.82) is 0 Å². The topological polar surface area (TPSA) is 65.7 Å². The van der Waals surface area contributed by atoms with E-state index in [2.05, 4.69) is 16.0 Å². The van der Waals surface area contributed by atoms with Gasteiger partial charge < -0.3 is 9.97 Å². The van der Waals surface area contributed by atoms with Gasteiger partial charge in [0.2, 0.25) is 0 Å². The van der Waals surface area contributed by atoms with Gasteiger partial charge in [0.1, 0.15) is 0 Å². The van der Waals surface area contributed by atoms with Crippen molar-refractivity contribution in [1.82, 2.24) is 9.97 Å². The first-order chi connectivity index (χ1) is 9.72. The summed E-state index contributed by atoms with van der Waals surface area (Å²) >= 11 is 0. The fraction of sp³-hybridized carbons (Fsp3) is 0.125. The van der Waals surface area contributed by atoms with Crippen LogP contribution in [-0.2, 0) is 6.42 Å². The Hall–Kier alpha value is -2.62. The summed E-state index contributed by atoms with van der Waals surface area (Å²) in [5.41, 5.74) is 4.17. The van der Waals surface area contributed by atoms with E-state index in [0.717, 1.165) is 17.5 Å². The number of carbonyl (C=O) groups excluding carboxylic acids is 1. The first-order valence-electron chi connectivity index (χ1n) is 6.56. The summed E-state index contributed by atoms with van der Waals surface area (Å²) < 4.78 is 0. The minimum Gasteiger partial charge on any atom is -0.306 e. The molecule has 0 radical (unpaired) electrons. The molecule has 98 valence electrons. The van der Waals surface area contributed by atoms with Crippen LogP contribution >= 0.6 is 0 Å². The van der Waals surface area contributed by atoms with E-state index >= 15 is 0 Å². The third kappa shape index (κ3) is 1.54. The molecule has 0 aliphatic heterocycles. The van der Waals surface area contributed by atoms with Crippen LogP contribution in [0.2, 0.25) is 0 Å². The third-order valence-corrected chi connectivity index (χ3v) is 3.97. The van der Waals surface area contributed by atoms with E-state index in [9.17, 15) is 9.59 Å². The van der Waals surface area contributed by atoms with Gasteiger partial charge in [-0.05, 0) is 35.7 Å². The predicted octanol–water partition coefficient (Wildman–Crippen LogP) is 2.38. The highest BCUT2D eigenvalue weighted by atomic mass is 16.1. The summed E-state index contributed by atoms with van der Waals surface area (Å²) in [6.07, 6.45) is 0.802. The van der Waals surface area contributed by atoms with Crippen molar-refractivity contribution < 1.29 is 4.79 Å². The van der Waals surface area contributed by atoms with Crippen LogP contribution in [0.25, 0.3) is 11.0 Å². The number of benzene rings is 2. The van der Waals surface area contributed by atoms with Crippen molar-refractivity contribution in [3.63, 3.8) is 0 Å². The maximum atomic E-state index is 12.5. The molecule has 0 amide bonds. The van der Waals surface area contributed by atoms with Gasteiger partial charge in [-0.15, -0.1) is 0 Å². The van der Waals surface area contributed by atoms with Gasteiger partial charge in [0.05, 0.1) is 17.0 Å². The van der Waals surface area contributed by atoms with Crippen LogP contribution < -0.4 is 5.69 Å². The lowest BCUT2D eigenvalue weighted by atomic mass is 9.74. The zero-order valence-corrected chi connectivity index (χ0v) is 10.6. The molecule has 1 heterocycles. The molecule has 0 saturated carbocycles. The number of H-pyrrole nitrogens is 2. The molecule has 2 N–H and O–H groups in total. The van der Waals surface area contributed by atoms with Crippen LogP contribution in [0.4, 0.5) is 0 Å². The molecular formula is C16H12N2O2. The molecule has 0 saturated heterocycles. The number of ketones is 1. The lowest BCUT2D eigenvalue weighted by Crippen LogP contribution is -2.25. The van der Waals surface area contributed by atoms with Gasteiger partial charge in [-0.25, -0.2) is 4.79 Å². The number of aromatic amines is 2. The zero-order chi connectivity index (χ0) is 13.7. The molecule has 3 aromatic rings. The number of hydrogen-bond acceptors (Lipinski definition) is 2. The van der Waals surface area contributed by atoms with Crippen molar-refractivity contribution in [2.75, 3.05) is 0 Å². The van der Waals surface area contributed by atoms with Crippen LogP contribution in [0.5, 0.6) is 0 Å². The monoisotopic (exact) mass is 264 g/mol. The van der Waals surface area contributed by atoms with E-state index in [1.807, 2.05) is 18.2 Å². The Morgan fingerprint density at radius 2 is 1.85 bits per heavy atom. The van der Waals surface area contributed by atoms with Crippen LogP contribution in [0, 0.1) is 0 Å². The zero-order valence-electron chi connectivity index (χ0n) is 10.6. The molecule has 4 nitrogen and oxygen atoms in total. The number of rotatable bonds is 2. The highest BCUT2D eigenvalue weighted by Gasteiger charge is 2.32. The Balaban J connectivity index is 1.73. The van der Waals surface area contributed by atoms with Crippen molar-refractivity contribution in [3.8, 4) is 0 Å². The first kappa shape index (κ1) is 11.2. The average molecular weight is 264 g/mol. The molecule has 1 aromatic heterocycles. The van der Waals surface area contributed by atoms with Crippen LogP contribution in [0.3, 0.4) is 0 Å². The van der Waals surface area contributed by atoms with Gasteiger partial charge in [-0.3, -0.25) is 4.79 Å². The van der Waals surface area contributed by atoms with Crippen molar-refractivity contribution in [2.45, 2.75) is 12.3 Å². The number of hydrogen-bond donors (Lipinski definition) is 2. The molecule has 4 heteroatoms. The van der Waals surface area contributed by atoms with Gasteiger partial charge in [0, 0.05) is 5.56 Å². The van der Waals surface area contributed by atoms with Gasteiger partial charge in [0.15, 0.2) is 5.78 Å². The molecule has 1 aliphatic carbocycles. The van der Waals surface area contributed by atoms with Crippen molar-refractivity contribution in [2.24, 2.45) is 0 Å². The quantitative estimate of drug-likeness (QED) is 0.698. The Labute approximate surface area is 114 Å². The van der Waals surface area contributed by atoms with E-state index in [4.69, 9.17) is 0 Å². The molecule has 0 fully saturated rings. The largest absolute Gasteiger partial charge is 0.323 e. The molecule has 0 bridgehead atoms. The van der Waals surface area contributed by atoms with E-state index in [-0.39, 0.29) is 17.4 Å². The second kappa shape index (κ2) is 3.93. The summed E-state index contributed by atoms with van der Waals surface area (Å²) in [4.78, 5) is 29.1. The Morgan fingerprint density at radius 3 is 2.70 bits per heavy atom. The van der Waals surface area contributed by atoms with Crippen LogP contribution in [-0.4, -0.2) is 15.8 Å². The molecule has 0 spiro atoms. The van der Waals surface area contributed by atoms with Crippen molar-refractivity contribution in [3.05, 3.63) is 69.6 Å². The van der Waals surface area contributed by atoms with Gasteiger partial charge in [-0.1, -0.05) is 24.3 Å². The summed E-state index contributed by atoms with van der Waals surface area (Å²) in [5, 5.41) is 0. The van der Waals surface area contributed by atoms with Gasteiger partial charge >= 0.3 is 5.69 Å². The molecular weight excluding hydrogens is 252 g/mol. The summed E-state index contributed by atoms with van der Waals surface area (Å²) in [5.74, 6) is 0.0713. The van der Waals surface area contributed by atoms with E-state index in [1.54, 1.807) is 18.2 Å². The highest BCUT2D eigenvalue weighted by molar-refractivity contribution is 6.04. The maximum Gasteiger partial charge on any atom is 0.323 e. The van der Waals surface area contributed by atoms with Crippen molar-refractivity contribution >= 4 is 16.8 Å². The fourth-order valence-corrected chi connectivity index (χ4v) is 2.88. The normalized spacial score (nSPS) is 16.7. The molecule has 1 atom stereocenters. The Bertz CT molecular complexity index is 889. The third-order valence-electron chi connectivity index (χ3n) is 3.97. The second-order valence-corrected chi connectivity index (χ2v) is 5.16. The Kier molecular flexibility index (Phi) is 2.21. The Morgan fingerprint density at radius 1 is 1.05 bits per heavy atom. The molecule has 1 aliphatic rings. The predicted molar refractivity (Wildman–Crippen MR) is 76.1 cm³/mol. The smallest absolute Gasteiger partial charge is 0.306 e. The first-order valence-corrected chi connectivity index (χ1v) is 6.56. The lowest BCUT2D eigenvalue weighted by Gasteiger charge is -2.28. The van der Waals surface area contributed by atoms with E-state index in [1.165, 1.54) is 5.56 Å². The van der Waals surface area contributed by atoms with Crippen LogP contribution in [0.15, 0.2) is 47.3 Å². The number of imidazole rings is 1. The van der Waals surface area contributed by atoms with E-state index < -0.39 is 0 Å². The fourth-order valence-electron chi connectivity index (χ4n) is 2.88. The number of carbonyl (C=O) groups is 1. The van der Waals surface area contributed by atoms with E-state index in [0.29, 0.717) is 11.1 Å². The van der Waals surface area contributed by atoms with Gasteiger partial charge in [-0.2, -0.15) is 0 Å². The standard InChI is InChI=1S/C16H12N2O2/c19-15(12-7-9-3-1-2-4-11(9)12)10-5-6-13-14(8-10)18-16(20)17-13/h1-6,8,12H,7H2,(H2,17,18,20). The number of aromatic nitrogens is 2. The second-order valence-electron chi connectivity index (χ2n) is 5.16. The minimum absolute atomic E-state index is 0.0469. The number of nitrogens with one attached hydrogen (secondary N) is 2. The van der Waals surface area contributed by atoms with Gasteiger partial charge in [0.25, 0.3) is 0 Å². The SMILES string of the molecule is O=C(c1ccc2[nH]c(=O)[nH]c2c1)C1Cc2ccccc21. The maximum absolute atomic E-state index is 12.5. The molecule has 2 aromatic carbocycles. The summed E-state index contributed by atoms with van der Waals surface area (Å²) in [7, 11) is 0.